The van der Waals surface area contributed by atoms with E-state index in [9.17, 15) is 4.79 Å². The fourth-order valence-electron chi connectivity index (χ4n) is 2.62. The molecular formula is C14H18N4OS. The maximum absolute atomic E-state index is 11.8. The molecule has 3 rings (SSSR count). The number of nitrogen functional groups attached to an aromatic ring is 1. The third kappa shape index (κ3) is 2.35. The summed E-state index contributed by atoms with van der Waals surface area (Å²) in [6, 6.07) is 3.65. The molecule has 0 unspecified atom stereocenters. The minimum atomic E-state index is -0.150. The lowest BCUT2D eigenvalue weighted by Gasteiger charge is -2.39. The van der Waals surface area contributed by atoms with Crippen molar-refractivity contribution in [3.8, 4) is 0 Å². The number of nitrogens with one attached hydrogen (secondary N) is 1. The summed E-state index contributed by atoms with van der Waals surface area (Å²) in [5.74, 6) is 1.08. The van der Waals surface area contributed by atoms with Gasteiger partial charge in [-0.25, -0.2) is 4.98 Å². The number of aromatic amines is 1. The van der Waals surface area contributed by atoms with E-state index in [-0.39, 0.29) is 10.3 Å². The molecule has 0 atom stereocenters. The third-order valence-electron chi connectivity index (χ3n) is 3.56. The van der Waals surface area contributed by atoms with Crippen LogP contribution in [0.2, 0.25) is 0 Å². The van der Waals surface area contributed by atoms with Crippen LogP contribution in [0.3, 0.4) is 0 Å². The Morgan fingerprint density at radius 3 is 3.00 bits per heavy atom. The van der Waals surface area contributed by atoms with Gasteiger partial charge in [-0.05, 0) is 26.0 Å². The van der Waals surface area contributed by atoms with Crippen molar-refractivity contribution in [2.24, 2.45) is 0 Å². The molecule has 1 fully saturated rings. The number of thioether (sulfide) groups is 1. The highest BCUT2D eigenvalue weighted by Crippen LogP contribution is 2.35. The van der Waals surface area contributed by atoms with Crippen molar-refractivity contribution in [1.82, 2.24) is 9.97 Å². The first-order valence-electron chi connectivity index (χ1n) is 6.62. The van der Waals surface area contributed by atoms with Gasteiger partial charge in [0.25, 0.3) is 5.56 Å². The van der Waals surface area contributed by atoms with Crippen LogP contribution in [0.4, 0.5) is 11.4 Å². The van der Waals surface area contributed by atoms with E-state index in [1.165, 1.54) is 6.33 Å². The van der Waals surface area contributed by atoms with Gasteiger partial charge in [0.15, 0.2) is 0 Å². The second-order valence-electron chi connectivity index (χ2n) is 5.69. The summed E-state index contributed by atoms with van der Waals surface area (Å²) >= 11 is 1.98. The molecule has 1 aromatic carbocycles. The molecule has 0 spiro atoms. The average Bonchev–Trinajstić information content (AvgIpc) is 2.38. The Morgan fingerprint density at radius 2 is 2.25 bits per heavy atom. The molecular weight excluding hydrogens is 272 g/mol. The molecule has 0 radical (unpaired) electrons. The van der Waals surface area contributed by atoms with Gasteiger partial charge in [0.2, 0.25) is 0 Å². The Labute approximate surface area is 121 Å². The van der Waals surface area contributed by atoms with Crippen LogP contribution in [0.25, 0.3) is 10.9 Å². The number of rotatable bonds is 1. The number of hydrogen-bond donors (Lipinski definition) is 2. The van der Waals surface area contributed by atoms with Gasteiger partial charge in [0.1, 0.15) is 0 Å². The lowest BCUT2D eigenvalue weighted by Crippen LogP contribution is -2.43. The van der Waals surface area contributed by atoms with Crippen molar-refractivity contribution >= 4 is 34.0 Å². The number of aromatic nitrogens is 2. The lowest BCUT2D eigenvalue weighted by atomic mass is 10.1. The number of anilines is 2. The van der Waals surface area contributed by atoms with Gasteiger partial charge in [-0.1, -0.05) is 0 Å². The predicted octanol–water partition coefficient (Wildman–Crippen LogP) is 1.84. The number of H-pyrrole nitrogens is 1. The summed E-state index contributed by atoms with van der Waals surface area (Å²) in [5, 5.41) is 0.541. The molecule has 1 aliphatic rings. The number of nitrogens with zero attached hydrogens (tertiary/aromatic N) is 2. The minimum Gasteiger partial charge on any atom is -0.397 e. The van der Waals surface area contributed by atoms with E-state index >= 15 is 0 Å². The van der Waals surface area contributed by atoms with Crippen molar-refractivity contribution in [2.75, 3.05) is 29.5 Å². The largest absolute Gasteiger partial charge is 0.397 e. The van der Waals surface area contributed by atoms with Gasteiger partial charge in [-0.15, -0.1) is 0 Å². The van der Waals surface area contributed by atoms with E-state index in [4.69, 9.17) is 5.73 Å². The monoisotopic (exact) mass is 290 g/mol. The molecule has 0 saturated carbocycles. The van der Waals surface area contributed by atoms with Crippen LogP contribution < -0.4 is 16.2 Å². The number of benzene rings is 1. The summed E-state index contributed by atoms with van der Waals surface area (Å²) in [5.41, 5.74) is 8.30. The summed E-state index contributed by atoms with van der Waals surface area (Å²) < 4.78 is 0.210. The highest BCUT2D eigenvalue weighted by Gasteiger charge is 2.28. The number of nitrogens with two attached hydrogens (primary N) is 1. The Balaban J connectivity index is 2.08. The molecule has 1 saturated heterocycles. The number of fused-ring (bicyclic) bond motifs is 1. The SMILES string of the molecule is CC1(C)CN(c2cc3nc[nH]c(=O)c3cc2N)CCS1. The Bertz CT molecular complexity index is 710. The maximum Gasteiger partial charge on any atom is 0.258 e. The molecule has 6 heteroatoms. The normalized spacial score (nSPS) is 18.4. The fraction of sp³-hybridized carbons (Fsp3) is 0.429. The lowest BCUT2D eigenvalue weighted by molar-refractivity contribution is 0.648. The van der Waals surface area contributed by atoms with E-state index in [2.05, 4.69) is 28.7 Å². The summed E-state index contributed by atoms with van der Waals surface area (Å²) in [6.45, 7) is 6.39. The third-order valence-corrected chi connectivity index (χ3v) is 4.85. The van der Waals surface area contributed by atoms with Gasteiger partial charge >= 0.3 is 0 Å². The molecule has 5 nitrogen and oxygen atoms in total. The van der Waals surface area contributed by atoms with Crippen LogP contribution in [0, 0.1) is 0 Å². The van der Waals surface area contributed by atoms with Crippen molar-refractivity contribution < 1.29 is 0 Å². The summed E-state index contributed by atoms with van der Waals surface area (Å²) in [6.07, 6.45) is 1.43. The van der Waals surface area contributed by atoms with Crippen molar-refractivity contribution in [1.29, 1.82) is 0 Å². The zero-order valence-electron chi connectivity index (χ0n) is 11.6. The molecule has 0 bridgehead atoms. The molecule has 20 heavy (non-hydrogen) atoms. The molecule has 2 aromatic rings. The summed E-state index contributed by atoms with van der Waals surface area (Å²) in [4.78, 5) is 20.8. The fourth-order valence-corrected chi connectivity index (χ4v) is 3.73. The molecule has 106 valence electrons. The highest BCUT2D eigenvalue weighted by atomic mass is 32.2. The van der Waals surface area contributed by atoms with Crippen molar-refractivity contribution in [2.45, 2.75) is 18.6 Å². The van der Waals surface area contributed by atoms with Gasteiger partial charge in [-0.2, -0.15) is 11.8 Å². The molecule has 1 aromatic heterocycles. The van der Waals surface area contributed by atoms with Crippen LogP contribution in [0.15, 0.2) is 23.3 Å². The first-order valence-corrected chi connectivity index (χ1v) is 7.61. The van der Waals surface area contributed by atoms with E-state index < -0.39 is 0 Å². The Hall–Kier alpha value is -1.69. The van der Waals surface area contributed by atoms with Gasteiger partial charge in [-0.3, -0.25) is 4.79 Å². The van der Waals surface area contributed by atoms with Gasteiger partial charge in [0, 0.05) is 23.6 Å². The van der Waals surface area contributed by atoms with E-state index in [1.54, 1.807) is 6.07 Å². The van der Waals surface area contributed by atoms with Gasteiger partial charge < -0.3 is 15.6 Å². The van der Waals surface area contributed by atoms with Gasteiger partial charge in [0.05, 0.1) is 28.6 Å². The number of hydrogen-bond acceptors (Lipinski definition) is 5. The first-order chi connectivity index (χ1) is 9.46. The predicted molar refractivity (Wildman–Crippen MR) is 85.5 cm³/mol. The topological polar surface area (TPSA) is 75.0 Å². The second-order valence-corrected chi connectivity index (χ2v) is 7.49. The zero-order chi connectivity index (χ0) is 14.3. The molecule has 0 aliphatic carbocycles. The molecule has 3 N–H and O–H groups in total. The van der Waals surface area contributed by atoms with Crippen LogP contribution >= 0.6 is 11.8 Å². The smallest absolute Gasteiger partial charge is 0.258 e. The summed E-state index contributed by atoms with van der Waals surface area (Å²) in [7, 11) is 0. The van der Waals surface area contributed by atoms with Crippen LogP contribution in [0.1, 0.15) is 13.8 Å². The van der Waals surface area contributed by atoms with E-state index in [0.29, 0.717) is 16.6 Å². The van der Waals surface area contributed by atoms with Crippen molar-refractivity contribution in [3.63, 3.8) is 0 Å². The van der Waals surface area contributed by atoms with Crippen LogP contribution in [-0.4, -0.2) is 33.6 Å². The molecule has 2 heterocycles. The van der Waals surface area contributed by atoms with E-state index in [1.807, 2.05) is 17.8 Å². The van der Waals surface area contributed by atoms with Crippen LogP contribution in [0.5, 0.6) is 0 Å². The first kappa shape index (κ1) is 13.3. The molecule has 1 aliphatic heterocycles. The maximum atomic E-state index is 11.8. The zero-order valence-corrected chi connectivity index (χ0v) is 12.5. The second kappa shape index (κ2) is 4.70. The van der Waals surface area contributed by atoms with Crippen molar-refractivity contribution in [3.05, 3.63) is 28.8 Å². The quantitative estimate of drug-likeness (QED) is 0.784. The Kier molecular flexibility index (Phi) is 3.12. The Morgan fingerprint density at radius 1 is 1.45 bits per heavy atom. The highest BCUT2D eigenvalue weighted by molar-refractivity contribution is 8.00. The van der Waals surface area contributed by atoms with Crippen LogP contribution in [-0.2, 0) is 0 Å². The minimum absolute atomic E-state index is 0.150. The van der Waals surface area contributed by atoms with E-state index in [0.717, 1.165) is 24.5 Å². The standard InChI is InChI=1S/C14H18N4OS/c1-14(2)7-18(3-4-20-14)12-6-11-9(5-10(12)15)13(19)17-8-16-11/h5-6,8H,3-4,7,15H2,1-2H3,(H,16,17,19). The molecule has 0 amide bonds. The average molecular weight is 290 g/mol.